The molecule has 0 unspecified atom stereocenters. The molecule has 1 aromatic carbocycles. The molecule has 1 atom stereocenters. The molecule has 146 valence electrons. The summed E-state index contributed by atoms with van der Waals surface area (Å²) in [7, 11) is 1.21. The van der Waals surface area contributed by atoms with E-state index in [0.29, 0.717) is 18.1 Å². The van der Waals surface area contributed by atoms with Crippen molar-refractivity contribution in [3.05, 3.63) is 36.1 Å². The molecule has 0 aliphatic carbocycles. The number of hydrogen-bond acceptors (Lipinski definition) is 7. The van der Waals surface area contributed by atoms with Gasteiger partial charge in [-0.05, 0) is 30.7 Å². The number of anilines is 1. The summed E-state index contributed by atoms with van der Waals surface area (Å²) in [6, 6.07) is 7.06. The molecular formula is C17H21FN4O4S. The molecule has 1 aliphatic rings. The summed E-state index contributed by atoms with van der Waals surface area (Å²) in [5.41, 5.74) is 0. The Balaban J connectivity index is 1.68. The second-order valence-corrected chi connectivity index (χ2v) is 8.25. The number of halogens is 1. The molecule has 1 aromatic heterocycles. The van der Waals surface area contributed by atoms with E-state index in [1.165, 1.54) is 23.5 Å². The smallest absolute Gasteiger partial charge is 0.243 e. The normalized spacial score (nSPS) is 17.7. The number of sulfonamides is 1. The molecule has 2 aromatic rings. The van der Waals surface area contributed by atoms with Gasteiger partial charge in [0, 0.05) is 26.7 Å². The van der Waals surface area contributed by atoms with Crippen molar-refractivity contribution in [2.24, 2.45) is 0 Å². The molecule has 10 heteroatoms. The lowest BCUT2D eigenvalue weighted by molar-refractivity contribution is 0.204. The van der Waals surface area contributed by atoms with Crippen LogP contribution in [0.15, 0.2) is 35.2 Å². The summed E-state index contributed by atoms with van der Waals surface area (Å²) in [4.78, 5) is 1.70. The van der Waals surface area contributed by atoms with Gasteiger partial charge in [0.2, 0.25) is 15.9 Å². The zero-order chi connectivity index (χ0) is 19.6. The Hall–Kier alpha value is -2.46. The number of nitrogens with zero attached hydrogens (tertiary/aromatic N) is 4. The predicted octanol–water partition coefficient (Wildman–Crippen LogP) is 1.53. The Kier molecular flexibility index (Phi) is 5.47. The van der Waals surface area contributed by atoms with E-state index in [0.717, 1.165) is 6.07 Å². The quantitative estimate of drug-likeness (QED) is 0.732. The molecule has 1 fully saturated rings. The Morgan fingerprint density at radius 3 is 2.59 bits per heavy atom. The number of hydrogen-bond donors (Lipinski definition) is 0. The number of methoxy groups -OCH3 is 1. The minimum atomic E-state index is -3.81. The minimum absolute atomic E-state index is 0.00340. The first-order valence-electron chi connectivity index (χ1n) is 8.32. The van der Waals surface area contributed by atoms with Gasteiger partial charge in [-0.1, -0.05) is 0 Å². The van der Waals surface area contributed by atoms with E-state index in [-0.39, 0.29) is 29.8 Å². The maximum Gasteiger partial charge on any atom is 0.243 e. The molecule has 0 amide bonds. The van der Waals surface area contributed by atoms with Crippen LogP contribution in [0.4, 0.5) is 10.2 Å². The molecule has 0 bridgehead atoms. The molecule has 3 rings (SSSR count). The molecule has 1 aliphatic heterocycles. The average Bonchev–Trinajstić information content (AvgIpc) is 3.11. The lowest BCUT2D eigenvalue weighted by Gasteiger charge is -2.17. The number of benzene rings is 1. The second-order valence-electron chi connectivity index (χ2n) is 6.31. The van der Waals surface area contributed by atoms with E-state index in [4.69, 9.17) is 9.47 Å². The molecule has 2 heterocycles. The summed E-state index contributed by atoms with van der Waals surface area (Å²) in [6.45, 7) is 0.441. The van der Waals surface area contributed by atoms with Gasteiger partial charge in [-0.25, -0.2) is 12.8 Å². The third kappa shape index (κ3) is 4.11. The number of rotatable bonds is 6. The first kappa shape index (κ1) is 19.3. The van der Waals surface area contributed by atoms with Crippen LogP contribution >= 0.6 is 0 Å². The first-order valence-corrected chi connectivity index (χ1v) is 9.76. The van der Waals surface area contributed by atoms with Gasteiger partial charge in [-0.2, -0.15) is 4.31 Å². The van der Waals surface area contributed by atoms with Gasteiger partial charge in [0.15, 0.2) is 17.4 Å². The van der Waals surface area contributed by atoms with Gasteiger partial charge >= 0.3 is 0 Å². The Bertz CT molecular complexity index is 906. The maximum atomic E-state index is 13.9. The van der Waals surface area contributed by atoms with E-state index in [1.807, 2.05) is 19.0 Å². The van der Waals surface area contributed by atoms with Crippen LogP contribution in [-0.4, -0.2) is 63.3 Å². The van der Waals surface area contributed by atoms with E-state index in [2.05, 4.69) is 10.2 Å². The van der Waals surface area contributed by atoms with Crippen LogP contribution in [0.3, 0.4) is 0 Å². The van der Waals surface area contributed by atoms with Gasteiger partial charge in [0.05, 0.1) is 18.6 Å². The summed E-state index contributed by atoms with van der Waals surface area (Å²) < 4.78 is 51.2. The number of aromatic nitrogens is 2. The summed E-state index contributed by atoms with van der Waals surface area (Å²) in [5, 5.41) is 8.02. The van der Waals surface area contributed by atoms with Crippen LogP contribution in [0.25, 0.3) is 0 Å². The highest BCUT2D eigenvalue weighted by atomic mass is 32.2. The molecular weight excluding hydrogens is 375 g/mol. The lowest BCUT2D eigenvalue weighted by Crippen LogP contribution is -2.31. The maximum absolute atomic E-state index is 13.9. The minimum Gasteiger partial charge on any atom is -0.494 e. The van der Waals surface area contributed by atoms with Crippen molar-refractivity contribution in [2.75, 3.05) is 39.2 Å². The Labute approximate surface area is 157 Å². The van der Waals surface area contributed by atoms with Crippen LogP contribution in [-0.2, 0) is 10.0 Å². The Morgan fingerprint density at radius 1 is 1.22 bits per heavy atom. The van der Waals surface area contributed by atoms with Crippen LogP contribution in [0.2, 0.25) is 0 Å². The summed E-state index contributed by atoms with van der Waals surface area (Å²) in [5.74, 6) is 0.304. The topological polar surface area (TPSA) is 84.9 Å². The van der Waals surface area contributed by atoms with Crippen molar-refractivity contribution in [3.63, 3.8) is 0 Å². The van der Waals surface area contributed by atoms with Gasteiger partial charge in [0.1, 0.15) is 6.10 Å². The summed E-state index contributed by atoms with van der Waals surface area (Å²) in [6.07, 6.45) is 0.164. The molecule has 8 nitrogen and oxygen atoms in total. The van der Waals surface area contributed by atoms with Crippen molar-refractivity contribution in [3.8, 4) is 11.6 Å². The first-order chi connectivity index (χ1) is 12.8. The highest BCUT2D eigenvalue weighted by Crippen LogP contribution is 2.26. The summed E-state index contributed by atoms with van der Waals surface area (Å²) >= 11 is 0. The fourth-order valence-electron chi connectivity index (χ4n) is 2.75. The fraction of sp³-hybridized carbons (Fsp3) is 0.412. The zero-order valence-electron chi connectivity index (χ0n) is 15.3. The lowest BCUT2D eigenvalue weighted by atomic mass is 10.3. The molecule has 0 spiro atoms. The molecule has 0 saturated carbocycles. The van der Waals surface area contributed by atoms with E-state index >= 15 is 0 Å². The molecule has 1 saturated heterocycles. The van der Waals surface area contributed by atoms with Crippen molar-refractivity contribution in [2.45, 2.75) is 17.4 Å². The SMILES string of the molecule is COc1ccc(S(=O)(=O)N2CC[C@H](Oc3ccc(N(C)C)nn3)C2)cc1F. The van der Waals surface area contributed by atoms with Crippen molar-refractivity contribution in [1.82, 2.24) is 14.5 Å². The second kappa shape index (κ2) is 7.65. The molecule has 0 radical (unpaired) electrons. The van der Waals surface area contributed by atoms with Crippen molar-refractivity contribution < 1.29 is 22.3 Å². The van der Waals surface area contributed by atoms with Crippen molar-refractivity contribution >= 4 is 15.8 Å². The van der Waals surface area contributed by atoms with Gasteiger partial charge in [0.25, 0.3) is 0 Å². The molecule has 27 heavy (non-hydrogen) atoms. The monoisotopic (exact) mass is 396 g/mol. The molecule has 0 N–H and O–H groups in total. The highest BCUT2D eigenvalue weighted by molar-refractivity contribution is 7.89. The standard InChI is InChI=1S/C17H21FN4O4S/c1-21(2)16-6-7-17(20-19-16)26-12-8-9-22(11-12)27(23,24)13-4-5-15(25-3)14(18)10-13/h4-7,10,12H,8-9,11H2,1-3H3/t12-/m0/s1. The Morgan fingerprint density at radius 2 is 2.00 bits per heavy atom. The van der Waals surface area contributed by atoms with Crippen LogP contribution in [0, 0.1) is 5.82 Å². The van der Waals surface area contributed by atoms with Crippen LogP contribution in [0.5, 0.6) is 11.6 Å². The van der Waals surface area contributed by atoms with E-state index in [1.54, 1.807) is 12.1 Å². The third-order valence-corrected chi connectivity index (χ3v) is 6.10. The zero-order valence-corrected chi connectivity index (χ0v) is 16.1. The van der Waals surface area contributed by atoms with Crippen molar-refractivity contribution in [1.29, 1.82) is 0 Å². The largest absolute Gasteiger partial charge is 0.494 e. The van der Waals surface area contributed by atoms with Crippen LogP contribution in [0.1, 0.15) is 6.42 Å². The highest BCUT2D eigenvalue weighted by Gasteiger charge is 2.34. The van der Waals surface area contributed by atoms with Crippen LogP contribution < -0.4 is 14.4 Å². The third-order valence-electron chi connectivity index (χ3n) is 4.24. The van der Waals surface area contributed by atoms with Gasteiger partial charge in [-0.15, -0.1) is 10.2 Å². The van der Waals surface area contributed by atoms with E-state index < -0.39 is 15.8 Å². The predicted molar refractivity (Wildman–Crippen MR) is 97.1 cm³/mol. The van der Waals surface area contributed by atoms with E-state index in [9.17, 15) is 12.8 Å². The fourth-order valence-corrected chi connectivity index (χ4v) is 4.25. The van der Waals surface area contributed by atoms with Gasteiger partial charge in [-0.3, -0.25) is 0 Å². The van der Waals surface area contributed by atoms with Gasteiger partial charge < -0.3 is 14.4 Å². The average molecular weight is 396 g/mol. The number of ether oxygens (including phenoxy) is 2.